The Balaban J connectivity index is 1.85. The van der Waals surface area contributed by atoms with E-state index < -0.39 is 0 Å². The third-order valence-electron chi connectivity index (χ3n) is 3.13. The summed E-state index contributed by atoms with van der Waals surface area (Å²) in [6.45, 7) is 0. The van der Waals surface area contributed by atoms with E-state index in [2.05, 4.69) is 4.98 Å². The number of rotatable bonds is 3. The van der Waals surface area contributed by atoms with Gasteiger partial charge in [0.1, 0.15) is 0 Å². The van der Waals surface area contributed by atoms with Crippen LogP contribution in [0.25, 0.3) is 11.3 Å². The minimum Gasteiger partial charge on any atom is -0.398 e. The molecule has 0 aliphatic carbocycles. The Kier molecular flexibility index (Phi) is 4.15. The molecule has 1 aromatic heterocycles. The second-order valence-electron chi connectivity index (χ2n) is 4.64. The second-order valence-corrected chi connectivity index (χ2v) is 6.40. The van der Waals surface area contributed by atoms with E-state index in [1.807, 2.05) is 47.8 Å². The van der Waals surface area contributed by atoms with Crippen LogP contribution in [0.3, 0.4) is 0 Å². The molecule has 2 nitrogen and oxygen atoms in total. The van der Waals surface area contributed by atoms with Crippen molar-refractivity contribution in [3.63, 3.8) is 0 Å². The minimum absolute atomic E-state index is 0.567. The summed E-state index contributed by atoms with van der Waals surface area (Å²) < 4.78 is 0. The smallest absolute Gasteiger partial charge is 0.0976 e. The van der Waals surface area contributed by atoms with Crippen LogP contribution in [-0.4, -0.2) is 4.98 Å². The molecule has 3 rings (SSSR count). The highest BCUT2D eigenvalue weighted by atomic mass is 35.5. The van der Waals surface area contributed by atoms with Crippen LogP contribution in [-0.2, 0) is 6.42 Å². The van der Waals surface area contributed by atoms with Gasteiger partial charge in [0, 0.05) is 23.1 Å². The molecule has 0 spiro atoms. The quantitative estimate of drug-likeness (QED) is 0.661. The number of aromatic nitrogens is 1. The molecule has 3 aromatic rings. The van der Waals surface area contributed by atoms with Crippen molar-refractivity contribution >= 4 is 40.2 Å². The second kappa shape index (κ2) is 6.06. The maximum atomic E-state index is 6.04. The number of nitrogen functional groups attached to an aromatic ring is 1. The third-order valence-corrected chi connectivity index (χ3v) is 4.72. The van der Waals surface area contributed by atoms with Crippen molar-refractivity contribution in [3.05, 3.63) is 68.5 Å². The summed E-state index contributed by atoms with van der Waals surface area (Å²) in [6, 6.07) is 13.4. The highest BCUT2D eigenvalue weighted by Crippen LogP contribution is 2.29. The van der Waals surface area contributed by atoms with Crippen molar-refractivity contribution in [1.82, 2.24) is 4.98 Å². The molecule has 0 amide bonds. The SMILES string of the molecule is Nc1ccccc1-c1csc(Cc2ccc(Cl)c(Cl)c2)n1. The van der Waals surface area contributed by atoms with Crippen molar-refractivity contribution < 1.29 is 0 Å². The zero-order chi connectivity index (χ0) is 14.8. The Morgan fingerprint density at radius 1 is 1.05 bits per heavy atom. The Labute approximate surface area is 137 Å². The van der Waals surface area contributed by atoms with E-state index in [0.717, 1.165) is 33.9 Å². The lowest BCUT2D eigenvalue weighted by Gasteiger charge is -2.02. The number of nitrogens with zero attached hydrogens (tertiary/aromatic N) is 1. The molecule has 5 heteroatoms. The molecule has 0 atom stereocenters. The number of para-hydroxylation sites is 1. The zero-order valence-corrected chi connectivity index (χ0v) is 13.3. The number of nitrogens with two attached hydrogens (primary N) is 1. The first-order valence-corrected chi connectivity index (χ1v) is 8.00. The van der Waals surface area contributed by atoms with Crippen molar-refractivity contribution in [3.8, 4) is 11.3 Å². The molecule has 1 heterocycles. The average molecular weight is 335 g/mol. The molecule has 0 fully saturated rings. The Hall–Kier alpha value is -1.55. The van der Waals surface area contributed by atoms with Gasteiger partial charge in [-0.25, -0.2) is 4.98 Å². The number of benzene rings is 2. The number of halogens is 2. The average Bonchev–Trinajstić information content (AvgIpc) is 2.92. The number of anilines is 1. The number of thiazole rings is 1. The molecule has 0 saturated heterocycles. The molecule has 0 aliphatic heterocycles. The van der Waals surface area contributed by atoms with Gasteiger partial charge in [0.25, 0.3) is 0 Å². The molecular formula is C16H12Cl2N2S. The molecular weight excluding hydrogens is 323 g/mol. The minimum atomic E-state index is 0.567. The molecule has 0 saturated carbocycles. The van der Waals surface area contributed by atoms with Gasteiger partial charge >= 0.3 is 0 Å². The normalized spacial score (nSPS) is 10.8. The molecule has 21 heavy (non-hydrogen) atoms. The van der Waals surface area contributed by atoms with E-state index >= 15 is 0 Å². The fourth-order valence-corrected chi connectivity index (χ4v) is 3.22. The van der Waals surface area contributed by atoms with Gasteiger partial charge in [-0.3, -0.25) is 0 Å². The molecule has 2 N–H and O–H groups in total. The molecule has 0 aliphatic rings. The van der Waals surface area contributed by atoms with Crippen molar-refractivity contribution in [2.24, 2.45) is 0 Å². The van der Waals surface area contributed by atoms with Crippen molar-refractivity contribution in [2.45, 2.75) is 6.42 Å². The maximum Gasteiger partial charge on any atom is 0.0976 e. The summed E-state index contributed by atoms with van der Waals surface area (Å²) in [5.74, 6) is 0. The monoisotopic (exact) mass is 334 g/mol. The standard InChI is InChI=1S/C16H12Cl2N2S/c17-12-6-5-10(7-13(12)18)8-16-20-15(9-21-16)11-3-1-2-4-14(11)19/h1-7,9H,8,19H2. The van der Waals surface area contributed by atoms with Gasteiger partial charge in [-0.15, -0.1) is 11.3 Å². The summed E-state index contributed by atoms with van der Waals surface area (Å²) in [7, 11) is 0. The summed E-state index contributed by atoms with van der Waals surface area (Å²) >= 11 is 13.6. The molecule has 0 bridgehead atoms. The van der Waals surface area contributed by atoms with Crippen LogP contribution in [0.15, 0.2) is 47.8 Å². The molecule has 0 unspecified atom stereocenters. The first-order valence-electron chi connectivity index (χ1n) is 6.36. The van der Waals surface area contributed by atoms with E-state index in [0.29, 0.717) is 10.0 Å². The summed E-state index contributed by atoms with van der Waals surface area (Å²) in [5.41, 5.74) is 9.69. The van der Waals surface area contributed by atoms with Crippen LogP contribution in [0.1, 0.15) is 10.6 Å². The third kappa shape index (κ3) is 3.21. The zero-order valence-electron chi connectivity index (χ0n) is 11.0. The highest BCUT2D eigenvalue weighted by Gasteiger charge is 2.08. The van der Waals surface area contributed by atoms with Gasteiger partial charge in [-0.1, -0.05) is 47.5 Å². The van der Waals surface area contributed by atoms with E-state index in [-0.39, 0.29) is 0 Å². The van der Waals surface area contributed by atoms with Gasteiger partial charge < -0.3 is 5.73 Å². The van der Waals surface area contributed by atoms with E-state index in [1.165, 1.54) is 0 Å². The van der Waals surface area contributed by atoms with Crippen LogP contribution in [0.4, 0.5) is 5.69 Å². The number of hydrogen-bond donors (Lipinski definition) is 1. The first kappa shape index (κ1) is 14.4. The number of hydrogen-bond acceptors (Lipinski definition) is 3. The van der Waals surface area contributed by atoms with Gasteiger partial charge in [-0.2, -0.15) is 0 Å². The highest BCUT2D eigenvalue weighted by molar-refractivity contribution is 7.10. The predicted octanol–water partition coefficient (Wildman–Crippen LogP) is 5.29. The summed E-state index contributed by atoms with van der Waals surface area (Å²) in [6.07, 6.45) is 0.730. The Morgan fingerprint density at radius 3 is 2.62 bits per heavy atom. The topological polar surface area (TPSA) is 38.9 Å². The fraction of sp³-hybridized carbons (Fsp3) is 0.0625. The van der Waals surface area contributed by atoms with Gasteiger partial charge in [-0.05, 0) is 23.8 Å². The summed E-state index contributed by atoms with van der Waals surface area (Å²) in [4.78, 5) is 4.65. The summed E-state index contributed by atoms with van der Waals surface area (Å²) in [5, 5.41) is 4.18. The Morgan fingerprint density at radius 2 is 1.86 bits per heavy atom. The van der Waals surface area contributed by atoms with E-state index in [4.69, 9.17) is 28.9 Å². The van der Waals surface area contributed by atoms with Crippen LogP contribution in [0, 0.1) is 0 Å². The predicted molar refractivity (Wildman–Crippen MR) is 91.2 cm³/mol. The van der Waals surface area contributed by atoms with Crippen molar-refractivity contribution in [2.75, 3.05) is 5.73 Å². The largest absolute Gasteiger partial charge is 0.398 e. The molecule has 2 aromatic carbocycles. The van der Waals surface area contributed by atoms with E-state index in [1.54, 1.807) is 11.3 Å². The van der Waals surface area contributed by atoms with Gasteiger partial charge in [0.15, 0.2) is 0 Å². The van der Waals surface area contributed by atoms with Crippen molar-refractivity contribution in [1.29, 1.82) is 0 Å². The Bertz CT molecular complexity index is 783. The van der Waals surface area contributed by atoms with Gasteiger partial charge in [0.2, 0.25) is 0 Å². The first-order chi connectivity index (χ1) is 10.1. The van der Waals surface area contributed by atoms with Crippen LogP contribution in [0.2, 0.25) is 10.0 Å². The fourth-order valence-electron chi connectivity index (χ4n) is 2.07. The maximum absolute atomic E-state index is 6.04. The molecule has 0 radical (unpaired) electrons. The lowest BCUT2D eigenvalue weighted by Crippen LogP contribution is -1.91. The van der Waals surface area contributed by atoms with Crippen LogP contribution < -0.4 is 5.73 Å². The van der Waals surface area contributed by atoms with Crippen LogP contribution >= 0.6 is 34.5 Å². The molecule has 106 valence electrons. The lowest BCUT2D eigenvalue weighted by atomic mass is 10.1. The van der Waals surface area contributed by atoms with Crippen LogP contribution in [0.5, 0.6) is 0 Å². The van der Waals surface area contributed by atoms with Gasteiger partial charge in [0.05, 0.1) is 20.7 Å². The lowest BCUT2D eigenvalue weighted by molar-refractivity contribution is 1.14. The van der Waals surface area contributed by atoms with E-state index in [9.17, 15) is 0 Å².